The molecule has 24 heavy (non-hydrogen) atoms. The van der Waals surface area contributed by atoms with Gasteiger partial charge >= 0.3 is 0 Å². The van der Waals surface area contributed by atoms with E-state index in [1.165, 1.54) is 0 Å². The molecule has 1 heterocycles. The van der Waals surface area contributed by atoms with Crippen LogP contribution in [0.4, 0.5) is 5.69 Å². The van der Waals surface area contributed by atoms with Crippen LogP contribution in [0.1, 0.15) is 19.3 Å². The van der Waals surface area contributed by atoms with Crippen molar-refractivity contribution in [2.45, 2.75) is 25.3 Å². The van der Waals surface area contributed by atoms with Gasteiger partial charge in [-0.3, -0.25) is 4.79 Å². The highest BCUT2D eigenvalue weighted by atomic mass is 35.5. The zero-order chi connectivity index (χ0) is 16.5. The van der Waals surface area contributed by atoms with E-state index in [0.717, 1.165) is 25.0 Å². The molecule has 0 spiro atoms. The number of carbonyl (C=O) groups excluding carboxylic acids is 1. The molecule has 1 atom stereocenters. The van der Waals surface area contributed by atoms with E-state index in [-0.39, 0.29) is 24.2 Å². The summed E-state index contributed by atoms with van der Waals surface area (Å²) in [7, 11) is 1.66. The van der Waals surface area contributed by atoms with E-state index in [1.54, 1.807) is 13.2 Å². The average Bonchev–Trinajstić information content (AvgIpc) is 2.59. The Morgan fingerprint density at radius 1 is 1.38 bits per heavy atom. The number of anilines is 1. The summed E-state index contributed by atoms with van der Waals surface area (Å²) in [4.78, 5) is 12.3. The highest BCUT2D eigenvalue weighted by molar-refractivity contribution is 5.95. The first kappa shape index (κ1) is 20.7. The van der Waals surface area contributed by atoms with Gasteiger partial charge in [-0.25, -0.2) is 0 Å². The predicted octanol–water partition coefficient (Wildman–Crippen LogP) is 2.22. The standard InChI is InChI=1S/C17H26N2O4.ClH/c1-21-8-3-9-23-15-5-2-4-14(12-15)19-17(20)16(18)13-6-10-22-11-7-13;/h2,4-5,12-13,16H,3,6-11,18H2,1H3,(H,19,20);1H. The topological polar surface area (TPSA) is 82.8 Å². The van der Waals surface area contributed by atoms with Crippen molar-refractivity contribution in [1.82, 2.24) is 0 Å². The number of carbonyl (C=O) groups is 1. The minimum atomic E-state index is -0.509. The van der Waals surface area contributed by atoms with E-state index in [4.69, 9.17) is 19.9 Å². The molecule has 136 valence electrons. The normalized spacial score (nSPS) is 16.1. The van der Waals surface area contributed by atoms with Crippen LogP contribution in [0.25, 0.3) is 0 Å². The van der Waals surface area contributed by atoms with Gasteiger partial charge in [-0.15, -0.1) is 12.4 Å². The van der Waals surface area contributed by atoms with Crippen molar-refractivity contribution < 1.29 is 19.0 Å². The van der Waals surface area contributed by atoms with Gasteiger partial charge in [-0.05, 0) is 30.9 Å². The Morgan fingerprint density at radius 3 is 2.83 bits per heavy atom. The second kappa shape index (κ2) is 11.3. The van der Waals surface area contributed by atoms with E-state index < -0.39 is 6.04 Å². The molecule has 6 nitrogen and oxygen atoms in total. The van der Waals surface area contributed by atoms with Gasteiger partial charge in [0.25, 0.3) is 0 Å². The molecular weight excluding hydrogens is 332 g/mol. The second-order valence-corrected chi connectivity index (χ2v) is 5.69. The fourth-order valence-corrected chi connectivity index (χ4v) is 2.57. The van der Waals surface area contributed by atoms with E-state index >= 15 is 0 Å². The van der Waals surface area contributed by atoms with E-state index in [9.17, 15) is 4.79 Å². The first-order chi connectivity index (χ1) is 11.2. The quantitative estimate of drug-likeness (QED) is 0.696. The zero-order valence-corrected chi connectivity index (χ0v) is 14.8. The molecular formula is C17H27ClN2O4. The molecule has 1 fully saturated rings. The number of hydrogen-bond acceptors (Lipinski definition) is 5. The molecule has 7 heteroatoms. The summed E-state index contributed by atoms with van der Waals surface area (Å²) >= 11 is 0. The third-order valence-electron chi connectivity index (χ3n) is 3.94. The minimum absolute atomic E-state index is 0. The smallest absolute Gasteiger partial charge is 0.241 e. The Kier molecular flexibility index (Phi) is 9.71. The number of nitrogens with two attached hydrogens (primary N) is 1. The van der Waals surface area contributed by atoms with Gasteiger partial charge in [0.15, 0.2) is 0 Å². The number of amides is 1. The van der Waals surface area contributed by atoms with Crippen LogP contribution in [0.15, 0.2) is 24.3 Å². The molecule has 3 N–H and O–H groups in total. The Morgan fingerprint density at radius 2 is 2.12 bits per heavy atom. The van der Waals surface area contributed by atoms with Gasteiger partial charge in [0, 0.05) is 45.1 Å². The highest BCUT2D eigenvalue weighted by Gasteiger charge is 2.26. The Bertz CT molecular complexity index is 495. The summed E-state index contributed by atoms with van der Waals surface area (Å²) in [6.07, 6.45) is 2.48. The fraction of sp³-hybridized carbons (Fsp3) is 0.588. The van der Waals surface area contributed by atoms with Crippen molar-refractivity contribution in [1.29, 1.82) is 0 Å². The van der Waals surface area contributed by atoms with Crippen molar-refractivity contribution in [2.24, 2.45) is 11.7 Å². The van der Waals surface area contributed by atoms with Crippen molar-refractivity contribution in [3.05, 3.63) is 24.3 Å². The van der Waals surface area contributed by atoms with Crippen LogP contribution in [0, 0.1) is 5.92 Å². The van der Waals surface area contributed by atoms with Crippen molar-refractivity contribution in [3.63, 3.8) is 0 Å². The SMILES string of the molecule is COCCCOc1cccc(NC(=O)C(N)C2CCOCC2)c1.Cl. The second-order valence-electron chi connectivity index (χ2n) is 5.69. The van der Waals surface area contributed by atoms with Crippen LogP contribution < -0.4 is 15.8 Å². The van der Waals surface area contributed by atoms with Gasteiger partial charge in [-0.2, -0.15) is 0 Å². The lowest BCUT2D eigenvalue weighted by Gasteiger charge is -2.26. The van der Waals surface area contributed by atoms with Crippen LogP contribution >= 0.6 is 12.4 Å². The number of rotatable bonds is 8. The molecule has 1 aromatic carbocycles. The van der Waals surface area contributed by atoms with E-state index in [0.29, 0.717) is 32.1 Å². The van der Waals surface area contributed by atoms with Crippen LogP contribution in [0.3, 0.4) is 0 Å². The molecule has 0 bridgehead atoms. The van der Waals surface area contributed by atoms with Gasteiger partial charge in [-0.1, -0.05) is 6.07 Å². The first-order valence-corrected chi connectivity index (χ1v) is 8.06. The number of ether oxygens (including phenoxy) is 3. The molecule has 1 amide bonds. The third kappa shape index (κ3) is 6.65. The van der Waals surface area contributed by atoms with Crippen LogP contribution in [0.2, 0.25) is 0 Å². The minimum Gasteiger partial charge on any atom is -0.493 e. The fourth-order valence-electron chi connectivity index (χ4n) is 2.57. The highest BCUT2D eigenvalue weighted by Crippen LogP contribution is 2.21. The average molecular weight is 359 g/mol. The summed E-state index contributed by atoms with van der Waals surface area (Å²) < 4.78 is 15.9. The molecule has 0 aliphatic carbocycles. The maximum Gasteiger partial charge on any atom is 0.241 e. The molecule has 1 unspecified atom stereocenters. The number of methoxy groups -OCH3 is 1. The first-order valence-electron chi connectivity index (χ1n) is 8.06. The van der Waals surface area contributed by atoms with Gasteiger partial charge < -0.3 is 25.3 Å². The Labute approximate surface area is 149 Å². The van der Waals surface area contributed by atoms with Crippen LogP contribution in [0.5, 0.6) is 5.75 Å². The maximum absolute atomic E-state index is 12.3. The monoisotopic (exact) mass is 358 g/mol. The molecule has 1 aliphatic rings. The lowest BCUT2D eigenvalue weighted by molar-refractivity contribution is -0.119. The molecule has 1 aliphatic heterocycles. The number of hydrogen-bond donors (Lipinski definition) is 2. The largest absolute Gasteiger partial charge is 0.493 e. The molecule has 2 rings (SSSR count). The van der Waals surface area contributed by atoms with Crippen molar-refractivity contribution in [3.8, 4) is 5.75 Å². The molecule has 0 radical (unpaired) electrons. The Balaban J connectivity index is 0.00000288. The lowest BCUT2D eigenvalue weighted by Crippen LogP contribution is -2.43. The van der Waals surface area contributed by atoms with Crippen molar-refractivity contribution >= 4 is 24.0 Å². The zero-order valence-electron chi connectivity index (χ0n) is 14.0. The molecule has 1 saturated heterocycles. The summed E-state index contributed by atoms with van der Waals surface area (Å²) in [6.45, 7) is 2.59. The summed E-state index contributed by atoms with van der Waals surface area (Å²) in [5, 5.41) is 2.87. The maximum atomic E-state index is 12.3. The number of halogens is 1. The molecule has 1 aromatic rings. The van der Waals surface area contributed by atoms with Crippen LogP contribution in [-0.2, 0) is 14.3 Å². The van der Waals surface area contributed by atoms with Crippen LogP contribution in [-0.4, -0.2) is 45.5 Å². The van der Waals surface area contributed by atoms with Gasteiger partial charge in [0.1, 0.15) is 5.75 Å². The Hall–Kier alpha value is -1.34. The van der Waals surface area contributed by atoms with Gasteiger partial charge in [0.2, 0.25) is 5.91 Å². The summed E-state index contributed by atoms with van der Waals surface area (Å²) in [6, 6.07) is 6.84. The van der Waals surface area contributed by atoms with Gasteiger partial charge in [0.05, 0.1) is 12.6 Å². The molecule has 0 aromatic heterocycles. The van der Waals surface area contributed by atoms with E-state index in [1.807, 2.05) is 18.2 Å². The molecule has 0 saturated carbocycles. The lowest BCUT2D eigenvalue weighted by atomic mass is 9.92. The summed E-state index contributed by atoms with van der Waals surface area (Å²) in [5.74, 6) is 0.740. The van der Waals surface area contributed by atoms with Crippen molar-refractivity contribution in [2.75, 3.05) is 38.9 Å². The number of benzene rings is 1. The number of nitrogens with one attached hydrogen (secondary N) is 1. The van der Waals surface area contributed by atoms with E-state index in [2.05, 4.69) is 5.32 Å². The summed E-state index contributed by atoms with van der Waals surface area (Å²) in [5.41, 5.74) is 6.77. The predicted molar refractivity (Wildman–Crippen MR) is 95.8 cm³/mol. The third-order valence-corrected chi connectivity index (χ3v) is 3.94.